The molecule has 2 heteroatoms. The number of hydrogen-bond acceptors (Lipinski definition) is 2. The van der Waals surface area contributed by atoms with Gasteiger partial charge in [0.05, 0.1) is 22.7 Å². The summed E-state index contributed by atoms with van der Waals surface area (Å²) in [5, 5.41) is 6.84. The maximum Gasteiger partial charge on any atom is 0.0630 e. The molecule has 2 N–H and O–H groups in total. The molecule has 0 spiro atoms. The van der Waals surface area contributed by atoms with Crippen LogP contribution in [0.5, 0.6) is 0 Å². The maximum absolute atomic E-state index is 3.84. The van der Waals surface area contributed by atoms with Crippen molar-refractivity contribution in [2.24, 2.45) is 0 Å². The van der Waals surface area contributed by atoms with Crippen molar-refractivity contribution >= 4 is 34.9 Å². The van der Waals surface area contributed by atoms with E-state index in [1.165, 1.54) is 0 Å². The van der Waals surface area contributed by atoms with Crippen LogP contribution >= 0.6 is 0 Å². The van der Waals surface area contributed by atoms with E-state index in [-0.39, 0.29) is 0 Å². The predicted octanol–water partition coefficient (Wildman–Crippen LogP) is 4.77. The molecular weight excluding hydrogens is 220 g/mol. The third-order valence-corrected chi connectivity index (χ3v) is 3.13. The van der Waals surface area contributed by atoms with Gasteiger partial charge in [-0.25, -0.2) is 0 Å². The van der Waals surface area contributed by atoms with Gasteiger partial charge >= 0.3 is 0 Å². The van der Waals surface area contributed by atoms with Gasteiger partial charge in [0.15, 0.2) is 0 Å². The summed E-state index contributed by atoms with van der Waals surface area (Å²) in [6.45, 7) is 7.67. The Morgan fingerprint density at radius 3 is 1.56 bits per heavy atom. The molecule has 0 amide bonds. The molecule has 2 nitrogen and oxygen atoms in total. The number of hydrogen-bond donors (Lipinski definition) is 2. The molecule has 3 rings (SSSR count). The van der Waals surface area contributed by atoms with Gasteiger partial charge in [-0.05, 0) is 35.4 Å². The molecule has 1 aliphatic rings. The monoisotopic (exact) mass is 234 g/mol. The minimum Gasteiger partial charge on any atom is -0.352 e. The van der Waals surface area contributed by atoms with E-state index in [0.717, 1.165) is 33.9 Å². The molecule has 0 radical (unpaired) electrons. The van der Waals surface area contributed by atoms with Crippen LogP contribution in [0.15, 0.2) is 49.6 Å². The Labute approximate surface area is 107 Å². The SMILES string of the molecule is C=Cc1cc2c(cc1C=C)Nc1ccccc1N2. The number of nitrogens with one attached hydrogen (secondary N) is 2. The van der Waals surface area contributed by atoms with Crippen LogP contribution < -0.4 is 10.6 Å². The van der Waals surface area contributed by atoms with Gasteiger partial charge in [0, 0.05) is 0 Å². The number of para-hydroxylation sites is 2. The molecule has 0 aliphatic carbocycles. The quantitative estimate of drug-likeness (QED) is 0.667. The van der Waals surface area contributed by atoms with Crippen molar-refractivity contribution in [1.29, 1.82) is 0 Å². The molecule has 1 heterocycles. The van der Waals surface area contributed by atoms with Crippen LogP contribution in [0.25, 0.3) is 12.2 Å². The van der Waals surface area contributed by atoms with E-state index in [2.05, 4.69) is 48.1 Å². The molecule has 1 aliphatic heterocycles. The lowest BCUT2D eigenvalue weighted by molar-refractivity contribution is 1.43. The number of anilines is 4. The Balaban J connectivity index is 2.13. The standard InChI is InChI=1S/C16H14N2/c1-3-11-9-15-16(10-12(11)4-2)18-14-8-6-5-7-13(14)17-15/h3-10,17-18H,1-2H2. The summed E-state index contributed by atoms with van der Waals surface area (Å²) in [4.78, 5) is 0. The largest absolute Gasteiger partial charge is 0.352 e. The molecule has 0 fully saturated rings. The van der Waals surface area contributed by atoms with Crippen molar-refractivity contribution in [2.75, 3.05) is 10.6 Å². The second-order valence-corrected chi connectivity index (χ2v) is 4.23. The molecule has 2 aromatic rings. The number of rotatable bonds is 2. The molecule has 0 bridgehead atoms. The highest BCUT2D eigenvalue weighted by molar-refractivity contribution is 5.92. The number of benzene rings is 2. The number of fused-ring (bicyclic) bond motifs is 2. The highest BCUT2D eigenvalue weighted by Gasteiger charge is 2.14. The summed E-state index contributed by atoms with van der Waals surface area (Å²) in [6.07, 6.45) is 3.69. The molecule has 0 saturated carbocycles. The van der Waals surface area contributed by atoms with Crippen LogP contribution in [0, 0.1) is 0 Å². The third kappa shape index (κ3) is 1.59. The zero-order valence-electron chi connectivity index (χ0n) is 10.0. The van der Waals surface area contributed by atoms with Gasteiger partial charge in [0.1, 0.15) is 0 Å². The second-order valence-electron chi connectivity index (χ2n) is 4.23. The first kappa shape index (κ1) is 10.7. The minimum absolute atomic E-state index is 1.06. The van der Waals surface area contributed by atoms with Crippen molar-refractivity contribution in [3.8, 4) is 0 Å². The Kier molecular flexibility index (Phi) is 2.41. The normalized spacial score (nSPS) is 11.6. The zero-order chi connectivity index (χ0) is 12.5. The van der Waals surface area contributed by atoms with E-state index in [9.17, 15) is 0 Å². The third-order valence-electron chi connectivity index (χ3n) is 3.13. The van der Waals surface area contributed by atoms with Crippen LogP contribution in [0.4, 0.5) is 22.7 Å². The predicted molar refractivity (Wildman–Crippen MR) is 79.6 cm³/mol. The van der Waals surface area contributed by atoms with Crippen LogP contribution in [0.3, 0.4) is 0 Å². The average molecular weight is 234 g/mol. The van der Waals surface area contributed by atoms with Gasteiger partial charge in [-0.2, -0.15) is 0 Å². The van der Waals surface area contributed by atoms with E-state index in [1.807, 2.05) is 24.3 Å². The Bertz CT molecular complexity index is 586. The van der Waals surface area contributed by atoms with Gasteiger partial charge in [0.25, 0.3) is 0 Å². The lowest BCUT2D eigenvalue weighted by Gasteiger charge is -2.24. The smallest absolute Gasteiger partial charge is 0.0630 e. The Morgan fingerprint density at radius 2 is 1.17 bits per heavy atom. The fourth-order valence-corrected chi connectivity index (χ4v) is 2.18. The molecule has 88 valence electrons. The molecule has 0 saturated heterocycles. The molecule has 2 aromatic carbocycles. The highest BCUT2D eigenvalue weighted by atomic mass is 15.0. The summed E-state index contributed by atoms with van der Waals surface area (Å²) >= 11 is 0. The Morgan fingerprint density at radius 1 is 0.722 bits per heavy atom. The lowest BCUT2D eigenvalue weighted by Crippen LogP contribution is -2.06. The summed E-state index contributed by atoms with van der Waals surface area (Å²) in [6, 6.07) is 12.3. The topological polar surface area (TPSA) is 24.1 Å². The molecule has 0 atom stereocenters. The van der Waals surface area contributed by atoms with Gasteiger partial charge in [0.2, 0.25) is 0 Å². The fourth-order valence-electron chi connectivity index (χ4n) is 2.18. The van der Waals surface area contributed by atoms with Crippen LogP contribution in [0.2, 0.25) is 0 Å². The zero-order valence-corrected chi connectivity index (χ0v) is 10.0. The molecule has 0 unspecified atom stereocenters. The summed E-state index contributed by atoms with van der Waals surface area (Å²) in [5.41, 5.74) is 6.47. The molecular formula is C16H14N2. The van der Waals surface area contributed by atoms with Gasteiger partial charge in [-0.1, -0.05) is 37.4 Å². The summed E-state index contributed by atoms with van der Waals surface area (Å²) in [5.74, 6) is 0. The van der Waals surface area contributed by atoms with Gasteiger partial charge < -0.3 is 10.6 Å². The van der Waals surface area contributed by atoms with E-state index >= 15 is 0 Å². The van der Waals surface area contributed by atoms with Crippen LogP contribution in [-0.2, 0) is 0 Å². The van der Waals surface area contributed by atoms with Crippen LogP contribution in [-0.4, -0.2) is 0 Å². The van der Waals surface area contributed by atoms with Crippen molar-refractivity contribution in [2.45, 2.75) is 0 Å². The Hall–Kier alpha value is -2.48. The van der Waals surface area contributed by atoms with Crippen molar-refractivity contribution in [3.05, 3.63) is 60.7 Å². The molecule has 18 heavy (non-hydrogen) atoms. The summed E-state index contributed by atoms with van der Waals surface area (Å²) in [7, 11) is 0. The van der Waals surface area contributed by atoms with E-state index in [1.54, 1.807) is 0 Å². The van der Waals surface area contributed by atoms with Crippen LogP contribution in [0.1, 0.15) is 11.1 Å². The minimum atomic E-state index is 1.06. The average Bonchev–Trinajstić information content (AvgIpc) is 2.43. The van der Waals surface area contributed by atoms with Gasteiger partial charge in [-0.3, -0.25) is 0 Å². The first-order valence-corrected chi connectivity index (χ1v) is 5.88. The first-order chi connectivity index (χ1) is 8.81. The van der Waals surface area contributed by atoms with Crippen molar-refractivity contribution in [3.63, 3.8) is 0 Å². The van der Waals surface area contributed by atoms with Crippen molar-refractivity contribution in [1.82, 2.24) is 0 Å². The maximum atomic E-state index is 3.84. The lowest BCUT2D eigenvalue weighted by atomic mass is 10.0. The van der Waals surface area contributed by atoms with Crippen molar-refractivity contribution < 1.29 is 0 Å². The van der Waals surface area contributed by atoms with E-state index in [0.29, 0.717) is 0 Å². The molecule has 0 aromatic heterocycles. The summed E-state index contributed by atoms with van der Waals surface area (Å²) < 4.78 is 0. The highest BCUT2D eigenvalue weighted by Crippen LogP contribution is 2.39. The van der Waals surface area contributed by atoms with E-state index < -0.39 is 0 Å². The first-order valence-electron chi connectivity index (χ1n) is 5.88. The van der Waals surface area contributed by atoms with Gasteiger partial charge in [-0.15, -0.1) is 0 Å². The second kappa shape index (κ2) is 4.08. The fraction of sp³-hybridized carbons (Fsp3) is 0. The van der Waals surface area contributed by atoms with E-state index in [4.69, 9.17) is 0 Å².